The first kappa shape index (κ1) is 16.5. The van der Waals surface area contributed by atoms with Crippen molar-refractivity contribution in [3.8, 4) is 0 Å². The van der Waals surface area contributed by atoms with Crippen LogP contribution in [-0.2, 0) is 0 Å². The minimum atomic E-state index is -0.978. The molecule has 2 unspecified atom stereocenters. The van der Waals surface area contributed by atoms with E-state index in [0.29, 0.717) is 0 Å². The molecule has 0 aliphatic rings. The highest BCUT2D eigenvalue weighted by atomic mass is 32.1. The summed E-state index contributed by atoms with van der Waals surface area (Å²) >= 11 is 9.08. The first-order valence-electron chi connectivity index (χ1n) is 6.43. The number of hydrogen-bond acceptors (Lipinski definition) is 4. The van der Waals surface area contributed by atoms with Crippen LogP contribution in [0.5, 0.6) is 0 Å². The van der Waals surface area contributed by atoms with Gasteiger partial charge in [0.25, 0.3) is 0 Å². The van der Waals surface area contributed by atoms with E-state index < -0.39 is 11.9 Å². The number of carbonyl (C=O) groups is 2. The summed E-state index contributed by atoms with van der Waals surface area (Å²) in [4.78, 5) is 21.7. The van der Waals surface area contributed by atoms with Gasteiger partial charge in [-0.2, -0.15) is 25.3 Å². The van der Waals surface area contributed by atoms with Gasteiger partial charge in [-0.3, -0.25) is 0 Å². The first-order valence-corrected chi connectivity index (χ1v) is 7.46. The zero-order valence-corrected chi connectivity index (χ0v) is 13.2. The molecule has 0 heterocycles. The van der Waals surface area contributed by atoms with Crippen LogP contribution in [0.4, 0.5) is 0 Å². The van der Waals surface area contributed by atoms with Gasteiger partial charge in [-0.1, -0.05) is 24.3 Å². The highest BCUT2D eigenvalue weighted by molar-refractivity contribution is 7.84. The van der Waals surface area contributed by atoms with Gasteiger partial charge in [0.1, 0.15) is 0 Å². The molecule has 2 N–H and O–H groups in total. The molecule has 0 aliphatic carbocycles. The maximum Gasteiger partial charge on any atom is 0.335 e. The van der Waals surface area contributed by atoms with Crippen LogP contribution < -0.4 is 0 Å². The van der Waals surface area contributed by atoms with Gasteiger partial charge in [0, 0.05) is 10.5 Å². The molecule has 114 valence electrons. The summed E-state index contributed by atoms with van der Waals surface area (Å²) in [5, 5.41) is 17.3. The second-order valence-electron chi connectivity index (χ2n) is 4.74. The molecule has 22 heavy (non-hydrogen) atoms. The Bertz CT molecular complexity index is 619. The van der Waals surface area contributed by atoms with Gasteiger partial charge >= 0.3 is 11.9 Å². The van der Waals surface area contributed by atoms with E-state index in [4.69, 9.17) is 10.2 Å². The van der Waals surface area contributed by atoms with Crippen molar-refractivity contribution in [2.24, 2.45) is 0 Å². The Hall–Kier alpha value is -1.92. The second kappa shape index (κ2) is 6.89. The zero-order chi connectivity index (χ0) is 16.3. The number of benzene rings is 2. The first-order chi connectivity index (χ1) is 10.4. The predicted octanol–water partition coefficient (Wildman–Crippen LogP) is 3.73. The SMILES string of the molecule is O=C(O)c1ccc(C(S)C(S)c2ccc(C(=O)O)cc2)cc1. The van der Waals surface area contributed by atoms with Gasteiger partial charge in [0.2, 0.25) is 0 Å². The van der Waals surface area contributed by atoms with Gasteiger partial charge in [-0.25, -0.2) is 9.59 Å². The molecule has 0 spiro atoms. The van der Waals surface area contributed by atoms with E-state index in [2.05, 4.69) is 25.3 Å². The minimum Gasteiger partial charge on any atom is -0.478 e. The molecule has 2 atom stereocenters. The van der Waals surface area contributed by atoms with Crippen LogP contribution in [0.2, 0.25) is 0 Å². The number of hydrogen-bond donors (Lipinski definition) is 4. The van der Waals surface area contributed by atoms with Crippen molar-refractivity contribution in [3.05, 3.63) is 70.8 Å². The molecular weight excluding hydrogens is 320 g/mol. The predicted molar refractivity (Wildman–Crippen MR) is 90.3 cm³/mol. The summed E-state index contributed by atoms with van der Waals surface area (Å²) in [6, 6.07) is 12.9. The Balaban J connectivity index is 2.18. The Kier molecular flexibility index (Phi) is 5.15. The molecule has 0 fully saturated rings. The minimum absolute atomic E-state index is 0.214. The van der Waals surface area contributed by atoms with Gasteiger partial charge in [-0.15, -0.1) is 0 Å². The van der Waals surface area contributed by atoms with Crippen molar-refractivity contribution in [3.63, 3.8) is 0 Å². The average molecular weight is 334 g/mol. The molecule has 0 bridgehead atoms. The van der Waals surface area contributed by atoms with E-state index in [1.54, 1.807) is 24.3 Å². The largest absolute Gasteiger partial charge is 0.478 e. The summed E-state index contributed by atoms with van der Waals surface area (Å²) in [6.45, 7) is 0. The molecule has 2 aromatic carbocycles. The van der Waals surface area contributed by atoms with Crippen molar-refractivity contribution in [2.45, 2.75) is 10.5 Å². The van der Waals surface area contributed by atoms with Crippen molar-refractivity contribution < 1.29 is 19.8 Å². The quantitative estimate of drug-likeness (QED) is 0.629. The van der Waals surface area contributed by atoms with E-state index in [0.717, 1.165) is 11.1 Å². The molecular formula is C16H14O4S2. The van der Waals surface area contributed by atoms with Crippen LogP contribution in [-0.4, -0.2) is 22.2 Å². The molecule has 6 heteroatoms. The summed E-state index contributed by atoms with van der Waals surface area (Å²) in [5.74, 6) is -1.96. The van der Waals surface area contributed by atoms with Gasteiger partial charge < -0.3 is 10.2 Å². The lowest BCUT2D eigenvalue weighted by Crippen LogP contribution is -2.03. The number of carboxylic acid groups (broad SMARTS) is 2. The van der Waals surface area contributed by atoms with E-state index in [1.165, 1.54) is 24.3 Å². The smallest absolute Gasteiger partial charge is 0.335 e. The van der Waals surface area contributed by atoms with Gasteiger partial charge in [-0.05, 0) is 35.4 Å². The summed E-state index contributed by atoms with van der Waals surface area (Å²) < 4.78 is 0. The molecule has 2 aromatic rings. The van der Waals surface area contributed by atoms with E-state index in [1.807, 2.05) is 0 Å². The molecule has 0 saturated carbocycles. The molecule has 0 aliphatic heterocycles. The lowest BCUT2D eigenvalue weighted by atomic mass is 10.0. The fourth-order valence-electron chi connectivity index (χ4n) is 2.01. The van der Waals surface area contributed by atoms with E-state index >= 15 is 0 Å². The monoisotopic (exact) mass is 334 g/mol. The maximum absolute atomic E-state index is 10.8. The van der Waals surface area contributed by atoms with Crippen LogP contribution in [0.25, 0.3) is 0 Å². The number of rotatable bonds is 5. The Morgan fingerprint density at radius 1 is 0.682 bits per heavy atom. The average Bonchev–Trinajstić information content (AvgIpc) is 2.53. The van der Waals surface area contributed by atoms with Crippen LogP contribution in [0.15, 0.2) is 48.5 Å². The lowest BCUT2D eigenvalue weighted by molar-refractivity contribution is 0.0686. The third kappa shape index (κ3) is 3.64. The van der Waals surface area contributed by atoms with Crippen LogP contribution >= 0.6 is 25.3 Å². The standard InChI is InChI=1S/C16H14O4S2/c17-15(18)11-5-1-9(2-6-11)13(21)14(22)10-3-7-12(8-4-10)16(19)20/h1-8,13-14,21-22H,(H,17,18)(H,19,20). The van der Waals surface area contributed by atoms with Gasteiger partial charge in [0.05, 0.1) is 11.1 Å². The summed E-state index contributed by atoms with van der Waals surface area (Å²) in [7, 11) is 0. The maximum atomic E-state index is 10.8. The summed E-state index contributed by atoms with van der Waals surface area (Å²) in [6.07, 6.45) is 0. The zero-order valence-electron chi connectivity index (χ0n) is 11.4. The highest BCUT2D eigenvalue weighted by Crippen LogP contribution is 2.38. The molecule has 0 aromatic heterocycles. The lowest BCUT2D eigenvalue weighted by Gasteiger charge is -2.19. The Labute approximate surface area is 138 Å². The van der Waals surface area contributed by atoms with Gasteiger partial charge in [0.15, 0.2) is 0 Å². The third-order valence-electron chi connectivity index (χ3n) is 3.30. The molecule has 0 radical (unpaired) electrons. The topological polar surface area (TPSA) is 74.6 Å². The molecule has 2 rings (SSSR count). The summed E-state index contributed by atoms with van der Waals surface area (Å²) in [5.41, 5.74) is 2.11. The van der Waals surface area contributed by atoms with Crippen LogP contribution in [0, 0.1) is 0 Å². The highest BCUT2D eigenvalue weighted by Gasteiger charge is 2.19. The third-order valence-corrected chi connectivity index (χ3v) is 4.73. The van der Waals surface area contributed by atoms with Crippen molar-refractivity contribution in [1.82, 2.24) is 0 Å². The fraction of sp³-hybridized carbons (Fsp3) is 0.125. The van der Waals surface area contributed by atoms with E-state index in [9.17, 15) is 9.59 Å². The van der Waals surface area contributed by atoms with Crippen molar-refractivity contribution in [2.75, 3.05) is 0 Å². The number of carboxylic acids is 2. The number of aromatic carboxylic acids is 2. The number of thiol groups is 2. The second-order valence-corrected chi connectivity index (χ2v) is 5.86. The van der Waals surface area contributed by atoms with Crippen molar-refractivity contribution in [1.29, 1.82) is 0 Å². The van der Waals surface area contributed by atoms with E-state index in [-0.39, 0.29) is 21.6 Å². The fourth-order valence-corrected chi connectivity index (χ4v) is 2.70. The molecule has 0 amide bonds. The molecule has 0 saturated heterocycles. The van der Waals surface area contributed by atoms with Crippen molar-refractivity contribution >= 4 is 37.2 Å². The molecule has 4 nitrogen and oxygen atoms in total. The van der Waals surface area contributed by atoms with Crippen LogP contribution in [0.3, 0.4) is 0 Å². The van der Waals surface area contributed by atoms with Crippen LogP contribution in [0.1, 0.15) is 42.3 Å². The Morgan fingerprint density at radius 2 is 0.955 bits per heavy atom. The normalized spacial score (nSPS) is 13.4. The Morgan fingerprint density at radius 3 is 1.18 bits per heavy atom.